The highest BCUT2D eigenvalue weighted by atomic mass is 35.5. The van der Waals surface area contributed by atoms with Crippen LogP contribution in [0.2, 0.25) is 20.1 Å². The minimum absolute atomic E-state index is 0.00528. The fourth-order valence-electron chi connectivity index (χ4n) is 4.11. The highest BCUT2D eigenvalue weighted by molar-refractivity contribution is 7.24. The quantitative estimate of drug-likeness (QED) is 0.0769. The number of nitrogens with zero attached hydrogens (tertiary/aromatic N) is 1. The molecule has 0 aliphatic carbocycles. The van der Waals surface area contributed by atoms with Gasteiger partial charge >= 0.3 is 11.9 Å². The van der Waals surface area contributed by atoms with E-state index in [1.54, 1.807) is 36.4 Å². The molecule has 2 aromatic heterocycles. The maximum Gasteiger partial charge on any atom is 0.345 e. The molecule has 3 aromatic carbocycles. The van der Waals surface area contributed by atoms with Crippen LogP contribution in [0.25, 0.3) is 25.9 Å². The van der Waals surface area contributed by atoms with E-state index in [1.807, 2.05) is 0 Å². The van der Waals surface area contributed by atoms with Crippen molar-refractivity contribution in [2.75, 3.05) is 13.2 Å². The van der Waals surface area contributed by atoms with Crippen molar-refractivity contribution in [1.29, 1.82) is 0 Å². The number of Topliss-reactive ketones (excluding diaryl/α,β-unsaturated/α-hetero) is 1. The molecule has 2 heterocycles. The Labute approximate surface area is 266 Å². The lowest BCUT2D eigenvalue weighted by molar-refractivity contribution is -0.141. The second-order valence-corrected chi connectivity index (χ2v) is 11.4. The number of esters is 2. The molecule has 0 atom stereocenters. The van der Waals surface area contributed by atoms with Crippen molar-refractivity contribution in [2.45, 2.75) is 20.3 Å². The van der Waals surface area contributed by atoms with Crippen LogP contribution >= 0.6 is 57.7 Å². The summed E-state index contributed by atoms with van der Waals surface area (Å²) < 4.78 is 39.3. The predicted octanol–water partition coefficient (Wildman–Crippen LogP) is 8.56. The van der Waals surface area contributed by atoms with Gasteiger partial charge in [-0.1, -0.05) is 46.4 Å². The molecule has 14 heteroatoms. The van der Waals surface area contributed by atoms with Crippen LogP contribution in [0.15, 0.2) is 47.3 Å². The normalized spacial score (nSPS) is 11.0. The van der Waals surface area contributed by atoms with E-state index in [4.69, 9.17) is 51.1 Å². The van der Waals surface area contributed by atoms with E-state index >= 15 is 0 Å². The summed E-state index contributed by atoms with van der Waals surface area (Å²) in [6.45, 7) is 3.57. The number of hydrogen-bond acceptors (Lipinski definition) is 7. The highest BCUT2D eigenvalue weighted by Crippen LogP contribution is 2.34. The number of benzene rings is 3. The van der Waals surface area contributed by atoms with Crippen LogP contribution in [0.4, 0.5) is 8.78 Å². The first-order valence-corrected chi connectivity index (χ1v) is 14.8. The van der Waals surface area contributed by atoms with E-state index in [9.17, 15) is 28.0 Å². The summed E-state index contributed by atoms with van der Waals surface area (Å²) in [7, 11) is 0. The Hall–Kier alpha value is -3.28. The number of pyridine rings is 1. The molecule has 0 N–H and O–H groups in total. The largest absolute Gasteiger partial charge is 0.466 e. The van der Waals surface area contributed by atoms with Gasteiger partial charge in [0.2, 0.25) is 5.43 Å². The Balaban J connectivity index is 0.000000217. The number of ketones is 1. The van der Waals surface area contributed by atoms with E-state index in [1.165, 1.54) is 17.4 Å². The van der Waals surface area contributed by atoms with Gasteiger partial charge in [0, 0.05) is 10.6 Å². The molecule has 0 saturated heterocycles. The van der Waals surface area contributed by atoms with Gasteiger partial charge in [-0.3, -0.25) is 18.8 Å². The van der Waals surface area contributed by atoms with Gasteiger partial charge in [0.25, 0.3) is 0 Å². The number of carbonyl (C=O) groups excluding carboxylic acids is 3. The molecule has 0 aliphatic rings. The zero-order valence-corrected chi connectivity index (χ0v) is 26.1. The monoisotopic (exact) mass is 687 g/mol. The van der Waals surface area contributed by atoms with E-state index in [0.717, 1.165) is 28.4 Å². The van der Waals surface area contributed by atoms with Gasteiger partial charge in [-0.2, -0.15) is 0 Å². The number of halogens is 6. The third kappa shape index (κ3) is 6.78. The van der Waals surface area contributed by atoms with Crippen molar-refractivity contribution in [3.8, 4) is 0 Å². The van der Waals surface area contributed by atoms with Gasteiger partial charge in [0.05, 0.1) is 49.4 Å². The summed E-state index contributed by atoms with van der Waals surface area (Å²) in [6.07, 6.45) is -0.478. The van der Waals surface area contributed by atoms with Gasteiger partial charge in [-0.05, 0) is 56.3 Å². The van der Waals surface area contributed by atoms with Crippen molar-refractivity contribution in [3.63, 3.8) is 0 Å². The first-order chi connectivity index (χ1) is 20.4. The molecular formula is C29H19Cl4F2NO6S. The first kappa shape index (κ1) is 32.6. The Morgan fingerprint density at radius 1 is 0.837 bits per heavy atom. The van der Waals surface area contributed by atoms with Crippen LogP contribution in [0.1, 0.15) is 41.0 Å². The molecular weight excluding hydrogens is 670 g/mol. The van der Waals surface area contributed by atoms with Crippen LogP contribution in [0, 0.1) is 11.6 Å². The number of aromatic nitrogens is 1. The van der Waals surface area contributed by atoms with E-state index in [0.29, 0.717) is 15.4 Å². The molecule has 0 amide bonds. The van der Waals surface area contributed by atoms with Crippen LogP contribution < -0.4 is 5.43 Å². The molecule has 5 rings (SSSR count). The second kappa shape index (κ2) is 13.6. The number of fused-ring (bicyclic) bond motifs is 5. The second-order valence-electron chi connectivity index (χ2n) is 8.71. The van der Waals surface area contributed by atoms with Crippen molar-refractivity contribution in [3.05, 3.63) is 95.5 Å². The molecule has 0 unspecified atom stereocenters. The zero-order chi connectivity index (χ0) is 31.6. The Morgan fingerprint density at radius 3 is 2.16 bits per heavy atom. The van der Waals surface area contributed by atoms with Crippen LogP contribution in [0.3, 0.4) is 0 Å². The highest BCUT2D eigenvalue weighted by Gasteiger charge is 2.24. The van der Waals surface area contributed by atoms with Crippen LogP contribution in [-0.4, -0.2) is 35.3 Å². The standard InChI is InChI=1S/C18H10Cl2FNO3S.C11H9Cl2FO3/c1-2-25-18(24)15-16(23)9-6-11(21)10(20)7-13(9)22-12-4-3-8(19)5-14(12)26-17(15)22;1-2-17-11(16)5-10(15)6-3-9(14)8(13)4-7(6)12/h3-7H,2H2,1H3;3-4H,2,5H2,1H3. The van der Waals surface area contributed by atoms with Crippen LogP contribution in [-0.2, 0) is 14.3 Å². The number of carbonyl (C=O) groups is 3. The Morgan fingerprint density at radius 2 is 1.49 bits per heavy atom. The van der Waals surface area contributed by atoms with Crippen LogP contribution in [0.5, 0.6) is 0 Å². The van der Waals surface area contributed by atoms with Gasteiger partial charge in [0.15, 0.2) is 5.78 Å². The maximum absolute atomic E-state index is 14.0. The smallest absolute Gasteiger partial charge is 0.345 e. The summed E-state index contributed by atoms with van der Waals surface area (Å²) >= 11 is 24.5. The molecule has 0 aliphatic heterocycles. The number of ether oxygens (including phenoxy) is 2. The minimum atomic E-state index is -0.761. The SMILES string of the molecule is CCOC(=O)CC(=O)c1cc(F)c(Cl)cc1Cl.CCOC(=O)c1c(=O)c2cc(F)c(Cl)cc2n2c1sc1cc(Cl)ccc12. The summed E-state index contributed by atoms with van der Waals surface area (Å²) in [4.78, 5) is 48.5. The molecule has 5 aromatic rings. The third-order valence-electron chi connectivity index (χ3n) is 5.94. The summed E-state index contributed by atoms with van der Waals surface area (Å²) in [5.41, 5.74) is 0.345. The topological polar surface area (TPSA) is 91.2 Å². The summed E-state index contributed by atoms with van der Waals surface area (Å²) in [5.74, 6) is -3.52. The van der Waals surface area contributed by atoms with Crippen molar-refractivity contribution in [2.24, 2.45) is 0 Å². The number of rotatable bonds is 6. The average molecular weight is 689 g/mol. The molecule has 7 nitrogen and oxygen atoms in total. The maximum atomic E-state index is 14.0. The average Bonchev–Trinajstić information content (AvgIpc) is 3.30. The van der Waals surface area contributed by atoms with Gasteiger partial charge in [-0.15, -0.1) is 11.3 Å². The summed E-state index contributed by atoms with van der Waals surface area (Å²) in [6, 6.07) is 9.69. The molecule has 0 spiro atoms. The summed E-state index contributed by atoms with van der Waals surface area (Å²) in [5, 5.41) is 0.302. The Bertz CT molecular complexity index is 1990. The molecule has 224 valence electrons. The molecule has 0 radical (unpaired) electrons. The van der Waals surface area contributed by atoms with E-state index < -0.39 is 41.2 Å². The van der Waals surface area contributed by atoms with Crippen molar-refractivity contribution >= 4 is 101 Å². The molecule has 43 heavy (non-hydrogen) atoms. The lowest BCUT2D eigenvalue weighted by Crippen LogP contribution is -2.19. The fraction of sp³-hybridized carbons (Fsp3) is 0.172. The first-order valence-electron chi connectivity index (χ1n) is 12.4. The van der Waals surface area contributed by atoms with Gasteiger partial charge in [-0.25, -0.2) is 13.6 Å². The molecule has 0 bridgehead atoms. The number of hydrogen-bond donors (Lipinski definition) is 0. The van der Waals surface area contributed by atoms with E-state index in [2.05, 4.69) is 4.74 Å². The predicted molar refractivity (Wildman–Crippen MR) is 164 cm³/mol. The lowest BCUT2D eigenvalue weighted by Gasteiger charge is -2.09. The lowest BCUT2D eigenvalue weighted by atomic mass is 10.1. The molecule has 0 saturated carbocycles. The fourth-order valence-corrected chi connectivity index (χ4v) is 6.22. The van der Waals surface area contributed by atoms with Crippen molar-refractivity contribution < 1.29 is 32.6 Å². The minimum Gasteiger partial charge on any atom is -0.466 e. The molecule has 0 fully saturated rings. The van der Waals surface area contributed by atoms with Gasteiger partial charge < -0.3 is 9.47 Å². The van der Waals surface area contributed by atoms with E-state index in [-0.39, 0.29) is 44.8 Å². The number of thiazole rings is 1. The van der Waals surface area contributed by atoms with Gasteiger partial charge in [0.1, 0.15) is 28.4 Å². The van der Waals surface area contributed by atoms with Crippen molar-refractivity contribution in [1.82, 2.24) is 4.40 Å². The third-order valence-corrected chi connectivity index (χ3v) is 8.19. The zero-order valence-electron chi connectivity index (χ0n) is 22.2. The Kier molecular flexibility index (Phi) is 10.3.